The van der Waals surface area contributed by atoms with Gasteiger partial charge in [0.05, 0.1) is 11.0 Å². The number of benzene rings is 2. The molecule has 6 nitrogen and oxygen atoms in total. The van der Waals surface area contributed by atoms with E-state index in [-0.39, 0.29) is 11.6 Å². The van der Waals surface area contributed by atoms with Crippen LogP contribution >= 0.6 is 0 Å². The van der Waals surface area contributed by atoms with Crippen molar-refractivity contribution in [3.05, 3.63) is 58.5 Å². The van der Waals surface area contributed by atoms with E-state index in [4.69, 9.17) is 0 Å². The van der Waals surface area contributed by atoms with Gasteiger partial charge < -0.3 is 10.2 Å². The monoisotopic (exact) mass is 350 g/mol. The highest BCUT2D eigenvalue weighted by molar-refractivity contribution is 6.05. The van der Waals surface area contributed by atoms with Crippen LogP contribution in [0.4, 0.5) is 11.4 Å². The number of amides is 1. The van der Waals surface area contributed by atoms with E-state index in [0.717, 1.165) is 29.8 Å². The van der Waals surface area contributed by atoms with E-state index in [2.05, 4.69) is 10.2 Å². The van der Waals surface area contributed by atoms with Crippen molar-refractivity contribution in [2.24, 2.45) is 14.1 Å². The Morgan fingerprint density at radius 3 is 2.46 bits per heavy atom. The van der Waals surface area contributed by atoms with Crippen molar-refractivity contribution in [1.29, 1.82) is 0 Å². The van der Waals surface area contributed by atoms with Gasteiger partial charge in [-0.1, -0.05) is 6.07 Å². The Hall–Kier alpha value is -3.02. The van der Waals surface area contributed by atoms with Crippen LogP contribution in [-0.4, -0.2) is 28.1 Å². The Morgan fingerprint density at radius 2 is 1.69 bits per heavy atom. The van der Waals surface area contributed by atoms with Gasteiger partial charge in [0.15, 0.2) is 0 Å². The Morgan fingerprint density at radius 1 is 0.962 bits per heavy atom. The Balaban J connectivity index is 1.60. The lowest BCUT2D eigenvalue weighted by atomic mass is 10.1. The Bertz CT molecular complexity index is 1040. The Labute approximate surface area is 151 Å². The molecule has 1 amide bonds. The SMILES string of the molecule is Cn1c(=O)n(C)c2cc(NC(=O)c3cccc(N4CCCC4)c3)ccc21. The smallest absolute Gasteiger partial charge is 0.328 e. The molecule has 0 unspecified atom stereocenters. The summed E-state index contributed by atoms with van der Waals surface area (Å²) in [4.78, 5) is 27.0. The molecule has 2 heterocycles. The average molecular weight is 350 g/mol. The molecule has 134 valence electrons. The number of carbonyl (C=O) groups excluding carboxylic acids is 1. The first kappa shape index (κ1) is 16.4. The van der Waals surface area contributed by atoms with Crippen LogP contribution in [0.3, 0.4) is 0 Å². The van der Waals surface area contributed by atoms with Gasteiger partial charge in [0.1, 0.15) is 0 Å². The standard InChI is InChI=1S/C20H22N4O2/c1-22-17-9-8-15(13-18(17)23(2)20(22)26)21-19(25)14-6-5-7-16(12-14)24-10-3-4-11-24/h5-9,12-13H,3-4,10-11H2,1-2H3,(H,21,25). The van der Waals surface area contributed by atoms with Crippen LogP contribution in [0, 0.1) is 0 Å². The van der Waals surface area contributed by atoms with Crippen LogP contribution in [-0.2, 0) is 14.1 Å². The van der Waals surface area contributed by atoms with Crippen molar-refractivity contribution >= 4 is 28.3 Å². The maximum Gasteiger partial charge on any atom is 0.328 e. The maximum atomic E-state index is 12.7. The molecule has 4 rings (SSSR count). The lowest BCUT2D eigenvalue weighted by Gasteiger charge is -2.18. The first-order chi connectivity index (χ1) is 12.5. The molecule has 1 aliphatic rings. The summed E-state index contributed by atoms with van der Waals surface area (Å²) in [6.45, 7) is 2.09. The Kier molecular flexibility index (Phi) is 4.03. The zero-order chi connectivity index (χ0) is 18.3. The molecule has 3 aromatic rings. The van der Waals surface area contributed by atoms with E-state index in [1.54, 1.807) is 23.2 Å². The lowest BCUT2D eigenvalue weighted by Crippen LogP contribution is -2.19. The number of imidazole rings is 1. The van der Waals surface area contributed by atoms with E-state index in [9.17, 15) is 9.59 Å². The zero-order valence-electron chi connectivity index (χ0n) is 15.0. The summed E-state index contributed by atoms with van der Waals surface area (Å²) >= 11 is 0. The lowest BCUT2D eigenvalue weighted by molar-refractivity contribution is 0.102. The molecule has 1 N–H and O–H groups in total. The molecule has 0 bridgehead atoms. The molecular weight excluding hydrogens is 328 g/mol. The molecule has 0 aliphatic carbocycles. The number of carbonyl (C=O) groups is 1. The minimum Gasteiger partial charge on any atom is -0.372 e. The number of aromatic nitrogens is 2. The highest BCUT2D eigenvalue weighted by atomic mass is 16.2. The van der Waals surface area contributed by atoms with Gasteiger partial charge in [-0.3, -0.25) is 13.9 Å². The number of nitrogens with one attached hydrogen (secondary N) is 1. The van der Waals surface area contributed by atoms with Gasteiger partial charge in [-0.25, -0.2) is 4.79 Å². The normalized spacial score (nSPS) is 14.2. The van der Waals surface area contributed by atoms with Gasteiger partial charge in [-0.05, 0) is 49.2 Å². The van der Waals surface area contributed by atoms with E-state index < -0.39 is 0 Å². The summed E-state index contributed by atoms with van der Waals surface area (Å²) in [5.74, 6) is -0.147. The predicted octanol–water partition coefficient (Wildman–Crippen LogP) is 2.73. The zero-order valence-corrected chi connectivity index (χ0v) is 15.0. The van der Waals surface area contributed by atoms with Crippen LogP contribution in [0.1, 0.15) is 23.2 Å². The molecule has 1 saturated heterocycles. The first-order valence-corrected chi connectivity index (χ1v) is 8.86. The largest absolute Gasteiger partial charge is 0.372 e. The number of aryl methyl sites for hydroxylation is 2. The van der Waals surface area contributed by atoms with Gasteiger partial charge in [0.2, 0.25) is 0 Å². The predicted molar refractivity (Wildman–Crippen MR) is 104 cm³/mol. The van der Waals surface area contributed by atoms with E-state index in [1.165, 1.54) is 12.8 Å². The molecule has 6 heteroatoms. The summed E-state index contributed by atoms with van der Waals surface area (Å²) in [7, 11) is 3.47. The minimum absolute atomic E-state index is 0.0817. The van der Waals surface area contributed by atoms with Crippen molar-refractivity contribution < 1.29 is 4.79 Å². The van der Waals surface area contributed by atoms with Gasteiger partial charge in [0.25, 0.3) is 5.91 Å². The van der Waals surface area contributed by atoms with Crippen LogP contribution < -0.4 is 15.9 Å². The fourth-order valence-electron chi connectivity index (χ4n) is 3.61. The summed E-state index contributed by atoms with van der Waals surface area (Å²) in [6, 6.07) is 13.2. The van der Waals surface area contributed by atoms with E-state index >= 15 is 0 Å². The molecule has 0 atom stereocenters. The number of hydrogen-bond acceptors (Lipinski definition) is 3. The van der Waals surface area contributed by atoms with Gasteiger partial charge in [-0.2, -0.15) is 0 Å². The highest BCUT2D eigenvalue weighted by Gasteiger charge is 2.15. The molecule has 1 aliphatic heterocycles. The quantitative estimate of drug-likeness (QED) is 0.790. The van der Waals surface area contributed by atoms with Crippen LogP contribution in [0.15, 0.2) is 47.3 Å². The molecular formula is C20H22N4O2. The van der Waals surface area contributed by atoms with Crippen molar-refractivity contribution in [2.45, 2.75) is 12.8 Å². The number of nitrogens with zero attached hydrogens (tertiary/aromatic N) is 3. The molecule has 1 fully saturated rings. The third-order valence-electron chi connectivity index (χ3n) is 5.11. The third-order valence-corrected chi connectivity index (χ3v) is 5.11. The summed E-state index contributed by atoms with van der Waals surface area (Å²) in [6.07, 6.45) is 2.40. The van der Waals surface area contributed by atoms with E-state index in [1.807, 2.05) is 42.5 Å². The number of fused-ring (bicyclic) bond motifs is 1. The van der Waals surface area contributed by atoms with Crippen LogP contribution in [0.5, 0.6) is 0 Å². The first-order valence-electron chi connectivity index (χ1n) is 8.86. The molecule has 2 aromatic carbocycles. The second kappa shape index (κ2) is 6.37. The topological polar surface area (TPSA) is 59.3 Å². The van der Waals surface area contributed by atoms with Crippen molar-refractivity contribution in [2.75, 3.05) is 23.3 Å². The third kappa shape index (κ3) is 2.77. The molecule has 26 heavy (non-hydrogen) atoms. The molecule has 0 saturated carbocycles. The van der Waals surface area contributed by atoms with Crippen molar-refractivity contribution in [3.8, 4) is 0 Å². The average Bonchev–Trinajstić information content (AvgIpc) is 3.27. The van der Waals surface area contributed by atoms with Crippen molar-refractivity contribution in [3.63, 3.8) is 0 Å². The maximum absolute atomic E-state index is 12.7. The van der Waals surface area contributed by atoms with Gasteiger partial charge in [0, 0.05) is 44.1 Å². The minimum atomic E-state index is -0.147. The van der Waals surface area contributed by atoms with Crippen LogP contribution in [0.2, 0.25) is 0 Å². The fourth-order valence-corrected chi connectivity index (χ4v) is 3.61. The number of hydrogen-bond donors (Lipinski definition) is 1. The fraction of sp³-hybridized carbons (Fsp3) is 0.300. The van der Waals surface area contributed by atoms with E-state index in [0.29, 0.717) is 11.3 Å². The van der Waals surface area contributed by atoms with Crippen LogP contribution in [0.25, 0.3) is 11.0 Å². The second-order valence-corrected chi connectivity index (χ2v) is 6.80. The van der Waals surface area contributed by atoms with Gasteiger partial charge in [-0.15, -0.1) is 0 Å². The number of rotatable bonds is 3. The summed E-state index contributed by atoms with van der Waals surface area (Å²) in [5, 5.41) is 2.94. The highest BCUT2D eigenvalue weighted by Crippen LogP contribution is 2.22. The summed E-state index contributed by atoms with van der Waals surface area (Å²) < 4.78 is 3.18. The molecule has 0 spiro atoms. The second-order valence-electron chi connectivity index (χ2n) is 6.80. The molecule has 0 radical (unpaired) electrons. The molecule has 1 aromatic heterocycles. The number of anilines is 2. The summed E-state index contributed by atoms with van der Waals surface area (Å²) in [5.41, 5.74) is 3.96. The van der Waals surface area contributed by atoms with Gasteiger partial charge >= 0.3 is 5.69 Å². The van der Waals surface area contributed by atoms with Crippen molar-refractivity contribution in [1.82, 2.24) is 9.13 Å².